The summed E-state index contributed by atoms with van der Waals surface area (Å²) in [5, 5.41) is 2.76. The minimum atomic E-state index is -0.603. The Balaban J connectivity index is 1.99. The molecule has 2 rings (SSSR count). The van der Waals surface area contributed by atoms with Gasteiger partial charge in [-0.1, -0.05) is 26.8 Å². The summed E-state index contributed by atoms with van der Waals surface area (Å²) in [6, 6.07) is 10.0. The molecule has 0 aliphatic rings. The molecule has 0 saturated heterocycles. The number of thiophene rings is 1. The molecule has 0 unspecified atom stereocenters. The Kier molecular flexibility index (Phi) is 5.74. The minimum Gasteiger partial charge on any atom is -0.454 e. The van der Waals surface area contributed by atoms with Crippen LogP contribution in [-0.4, -0.2) is 24.3 Å². The Labute approximate surface area is 151 Å². The first kappa shape index (κ1) is 18.9. The molecule has 0 saturated carbocycles. The van der Waals surface area contributed by atoms with Crippen molar-refractivity contribution in [2.45, 2.75) is 27.7 Å². The number of carbonyl (C=O) groups is 3. The number of esters is 1. The van der Waals surface area contributed by atoms with Crippen molar-refractivity contribution in [2.24, 2.45) is 5.41 Å². The molecule has 25 heavy (non-hydrogen) atoms. The van der Waals surface area contributed by atoms with E-state index in [2.05, 4.69) is 5.32 Å². The van der Waals surface area contributed by atoms with Gasteiger partial charge >= 0.3 is 5.97 Å². The average molecular weight is 359 g/mol. The van der Waals surface area contributed by atoms with E-state index in [1.165, 1.54) is 17.4 Å². The van der Waals surface area contributed by atoms with E-state index >= 15 is 0 Å². The van der Waals surface area contributed by atoms with Crippen molar-refractivity contribution in [3.8, 4) is 0 Å². The molecule has 0 aliphatic heterocycles. The van der Waals surface area contributed by atoms with Crippen LogP contribution < -0.4 is 5.32 Å². The summed E-state index contributed by atoms with van der Waals surface area (Å²) >= 11 is 1.37. The zero-order valence-corrected chi connectivity index (χ0v) is 15.5. The highest BCUT2D eigenvalue weighted by Crippen LogP contribution is 2.19. The second-order valence-corrected chi connectivity index (χ2v) is 7.98. The quantitative estimate of drug-likeness (QED) is 0.645. The van der Waals surface area contributed by atoms with Crippen LogP contribution in [0.3, 0.4) is 0 Å². The van der Waals surface area contributed by atoms with Crippen LogP contribution in [0.5, 0.6) is 0 Å². The predicted molar refractivity (Wildman–Crippen MR) is 98.2 cm³/mol. The molecule has 0 bridgehead atoms. The monoisotopic (exact) mass is 359 g/mol. The lowest BCUT2D eigenvalue weighted by Gasteiger charge is -2.17. The van der Waals surface area contributed by atoms with Gasteiger partial charge in [0.1, 0.15) is 0 Å². The van der Waals surface area contributed by atoms with E-state index < -0.39 is 11.4 Å². The highest BCUT2D eigenvalue weighted by Gasteiger charge is 2.21. The molecule has 1 amide bonds. The number of ether oxygens (including phenoxy) is 1. The molecular weight excluding hydrogens is 338 g/mol. The predicted octanol–water partition coefficient (Wildman–Crippen LogP) is 4.08. The van der Waals surface area contributed by atoms with Crippen molar-refractivity contribution < 1.29 is 19.1 Å². The molecule has 1 heterocycles. The number of hydrogen-bond acceptors (Lipinski definition) is 5. The SMILES string of the molecule is Cc1ccc(C(=O)COC(=O)c2cccc(NC(=O)C(C)(C)C)c2)s1. The molecule has 132 valence electrons. The van der Waals surface area contributed by atoms with Gasteiger partial charge in [0.05, 0.1) is 10.4 Å². The molecule has 2 aromatic rings. The topological polar surface area (TPSA) is 72.5 Å². The Bertz CT molecular complexity index is 802. The van der Waals surface area contributed by atoms with E-state index in [9.17, 15) is 14.4 Å². The van der Waals surface area contributed by atoms with Gasteiger partial charge in [0, 0.05) is 16.0 Å². The van der Waals surface area contributed by atoms with Crippen LogP contribution in [0.15, 0.2) is 36.4 Å². The number of Topliss-reactive ketones (excluding diaryl/α,β-unsaturated/α-hetero) is 1. The molecule has 1 N–H and O–H groups in total. The zero-order valence-electron chi connectivity index (χ0n) is 14.7. The number of hydrogen-bond donors (Lipinski definition) is 1. The lowest BCUT2D eigenvalue weighted by molar-refractivity contribution is -0.123. The Hall–Kier alpha value is -2.47. The van der Waals surface area contributed by atoms with Gasteiger partial charge < -0.3 is 10.1 Å². The molecule has 0 aliphatic carbocycles. The first-order chi connectivity index (χ1) is 11.7. The van der Waals surface area contributed by atoms with Crippen molar-refractivity contribution in [2.75, 3.05) is 11.9 Å². The van der Waals surface area contributed by atoms with Crippen molar-refractivity contribution in [3.63, 3.8) is 0 Å². The van der Waals surface area contributed by atoms with Crippen molar-refractivity contribution in [1.82, 2.24) is 0 Å². The second-order valence-electron chi connectivity index (χ2n) is 6.69. The standard InChI is InChI=1S/C19H21NO4S/c1-12-8-9-16(25-12)15(21)11-24-17(22)13-6-5-7-14(10-13)20-18(23)19(2,3)4/h5-10H,11H2,1-4H3,(H,20,23). The third kappa shape index (κ3) is 5.26. The van der Waals surface area contributed by atoms with Gasteiger partial charge in [-0.25, -0.2) is 4.79 Å². The molecule has 1 aromatic carbocycles. The van der Waals surface area contributed by atoms with Crippen LogP contribution in [0.4, 0.5) is 5.69 Å². The third-order valence-electron chi connectivity index (χ3n) is 3.39. The van der Waals surface area contributed by atoms with E-state index in [0.717, 1.165) is 4.88 Å². The number of aryl methyl sites for hydroxylation is 1. The van der Waals surface area contributed by atoms with Crippen LogP contribution in [0, 0.1) is 12.3 Å². The molecule has 6 heteroatoms. The lowest BCUT2D eigenvalue weighted by atomic mass is 9.95. The number of carbonyl (C=O) groups excluding carboxylic acids is 3. The number of ketones is 1. The third-order valence-corrected chi connectivity index (χ3v) is 4.43. The van der Waals surface area contributed by atoms with E-state index in [-0.39, 0.29) is 23.9 Å². The summed E-state index contributed by atoms with van der Waals surface area (Å²) in [5.41, 5.74) is 0.248. The maximum atomic E-state index is 12.1. The molecule has 0 radical (unpaired) electrons. The van der Waals surface area contributed by atoms with Gasteiger partial charge in [0.15, 0.2) is 6.61 Å². The van der Waals surface area contributed by atoms with Gasteiger partial charge in [-0.3, -0.25) is 9.59 Å². The summed E-state index contributed by atoms with van der Waals surface area (Å²) in [7, 11) is 0. The van der Waals surface area contributed by atoms with Crippen LogP contribution in [0.1, 0.15) is 45.7 Å². The van der Waals surface area contributed by atoms with Crippen LogP contribution in [0.25, 0.3) is 0 Å². The van der Waals surface area contributed by atoms with Crippen LogP contribution in [-0.2, 0) is 9.53 Å². The number of anilines is 1. The molecule has 1 aromatic heterocycles. The normalized spacial score (nSPS) is 11.0. The van der Waals surface area contributed by atoms with Gasteiger partial charge in [0.25, 0.3) is 0 Å². The summed E-state index contributed by atoms with van der Waals surface area (Å²) in [5.74, 6) is -0.988. The zero-order chi connectivity index (χ0) is 18.6. The molecule has 0 spiro atoms. The smallest absolute Gasteiger partial charge is 0.338 e. The summed E-state index contributed by atoms with van der Waals surface area (Å²) in [6.07, 6.45) is 0. The molecule has 5 nitrogen and oxygen atoms in total. The van der Waals surface area contributed by atoms with Crippen LogP contribution in [0.2, 0.25) is 0 Å². The maximum Gasteiger partial charge on any atom is 0.338 e. The second kappa shape index (κ2) is 7.61. The Morgan fingerprint density at radius 2 is 1.84 bits per heavy atom. The van der Waals surface area contributed by atoms with E-state index in [1.807, 2.05) is 13.0 Å². The maximum absolute atomic E-state index is 12.1. The van der Waals surface area contributed by atoms with Crippen molar-refractivity contribution in [1.29, 1.82) is 0 Å². The fourth-order valence-corrected chi connectivity index (χ4v) is 2.70. The largest absolute Gasteiger partial charge is 0.454 e. The van der Waals surface area contributed by atoms with Crippen molar-refractivity contribution >= 4 is 34.7 Å². The minimum absolute atomic E-state index is 0.152. The van der Waals surface area contributed by atoms with Crippen LogP contribution >= 0.6 is 11.3 Å². The molecule has 0 fully saturated rings. The number of nitrogens with one attached hydrogen (secondary N) is 1. The highest BCUT2D eigenvalue weighted by molar-refractivity contribution is 7.14. The Morgan fingerprint density at radius 3 is 2.44 bits per heavy atom. The van der Waals surface area contributed by atoms with E-state index in [4.69, 9.17) is 4.74 Å². The average Bonchev–Trinajstić information content (AvgIpc) is 2.98. The van der Waals surface area contributed by atoms with Gasteiger partial charge in [-0.05, 0) is 37.3 Å². The van der Waals surface area contributed by atoms with E-state index in [1.54, 1.807) is 45.0 Å². The fraction of sp³-hybridized carbons (Fsp3) is 0.316. The molecular formula is C19H21NO4S. The number of amides is 1. The Morgan fingerprint density at radius 1 is 1.12 bits per heavy atom. The first-order valence-electron chi connectivity index (χ1n) is 7.85. The molecule has 0 atom stereocenters. The van der Waals surface area contributed by atoms with Gasteiger partial charge in [-0.2, -0.15) is 0 Å². The fourth-order valence-electron chi connectivity index (χ4n) is 1.91. The van der Waals surface area contributed by atoms with Gasteiger partial charge in [0.2, 0.25) is 11.7 Å². The van der Waals surface area contributed by atoms with Gasteiger partial charge in [-0.15, -0.1) is 11.3 Å². The number of benzene rings is 1. The van der Waals surface area contributed by atoms with E-state index in [0.29, 0.717) is 10.6 Å². The summed E-state index contributed by atoms with van der Waals surface area (Å²) in [4.78, 5) is 37.7. The highest BCUT2D eigenvalue weighted by atomic mass is 32.1. The number of rotatable bonds is 5. The lowest BCUT2D eigenvalue weighted by Crippen LogP contribution is -2.27. The first-order valence-corrected chi connectivity index (χ1v) is 8.67. The summed E-state index contributed by atoms with van der Waals surface area (Å²) in [6.45, 7) is 7.01. The summed E-state index contributed by atoms with van der Waals surface area (Å²) < 4.78 is 5.09. The van der Waals surface area contributed by atoms with Crippen molar-refractivity contribution in [3.05, 3.63) is 51.7 Å².